The van der Waals surface area contributed by atoms with E-state index >= 15 is 0 Å². The van der Waals surface area contributed by atoms with E-state index in [1.165, 1.54) is 25.3 Å². The van der Waals surface area contributed by atoms with Crippen molar-refractivity contribution in [1.29, 1.82) is 0 Å². The number of rotatable bonds is 5. The topological polar surface area (TPSA) is 21.3 Å². The van der Waals surface area contributed by atoms with Crippen LogP contribution in [0, 0.1) is 18.6 Å². The maximum absolute atomic E-state index is 14.3. The van der Waals surface area contributed by atoms with E-state index < -0.39 is 6.04 Å². The van der Waals surface area contributed by atoms with Gasteiger partial charge in [-0.3, -0.25) is 0 Å². The van der Waals surface area contributed by atoms with Crippen molar-refractivity contribution in [2.75, 3.05) is 13.7 Å². The third kappa shape index (κ3) is 3.22. The second-order valence-electron chi connectivity index (χ2n) is 4.85. The van der Waals surface area contributed by atoms with Crippen molar-refractivity contribution in [2.24, 2.45) is 0 Å². The quantitative estimate of drug-likeness (QED) is 0.899. The lowest BCUT2D eigenvalue weighted by atomic mass is 9.93. The second-order valence-corrected chi connectivity index (χ2v) is 4.85. The van der Waals surface area contributed by atoms with Gasteiger partial charge in [-0.1, -0.05) is 19.1 Å². The highest BCUT2D eigenvalue weighted by atomic mass is 19.1. The fourth-order valence-electron chi connectivity index (χ4n) is 2.47. The molecule has 0 heterocycles. The van der Waals surface area contributed by atoms with Gasteiger partial charge in [0.2, 0.25) is 0 Å². The summed E-state index contributed by atoms with van der Waals surface area (Å²) in [7, 11) is 1.50. The molecule has 0 saturated heterocycles. The molecule has 1 atom stereocenters. The van der Waals surface area contributed by atoms with Crippen LogP contribution in [-0.4, -0.2) is 13.7 Å². The molecule has 2 aromatic rings. The van der Waals surface area contributed by atoms with E-state index in [2.05, 4.69) is 5.32 Å². The minimum atomic E-state index is -0.457. The van der Waals surface area contributed by atoms with E-state index in [1.807, 2.05) is 13.8 Å². The summed E-state index contributed by atoms with van der Waals surface area (Å²) in [5.41, 5.74) is 2.00. The molecule has 4 heteroatoms. The van der Waals surface area contributed by atoms with Crippen LogP contribution in [0.25, 0.3) is 0 Å². The zero-order chi connectivity index (χ0) is 15.4. The van der Waals surface area contributed by atoms with Crippen molar-refractivity contribution in [3.63, 3.8) is 0 Å². The molecule has 0 amide bonds. The molecule has 2 aromatic carbocycles. The second kappa shape index (κ2) is 6.68. The maximum Gasteiger partial charge on any atom is 0.132 e. The Bertz CT molecular complexity index is 628. The number of hydrogen-bond acceptors (Lipinski definition) is 2. The number of methoxy groups -OCH3 is 1. The summed E-state index contributed by atoms with van der Waals surface area (Å²) in [6, 6.07) is 8.77. The van der Waals surface area contributed by atoms with Crippen molar-refractivity contribution in [2.45, 2.75) is 19.9 Å². The predicted octanol–water partition coefficient (Wildman–Crippen LogP) is 3.98. The lowest BCUT2D eigenvalue weighted by Gasteiger charge is -2.23. The van der Waals surface area contributed by atoms with Gasteiger partial charge in [0.05, 0.1) is 18.7 Å². The first kappa shape index (κ1) is 15.4. The fraction of sp³-hybridized carbons (Fsp3) is 0.294. The van der Waals surface area contributed by atoms with E-state index in [1.54, 1.807) is 18.2 Å². The Labute approximate surface area is 123 Å². The smallest absolute Gasteiger partial charge is 0.132 e. The minimum absolute atomic E-state index is 0.339. The van der Waals surface area contributed by atoms with Crippen LogP contribution < -0.4 is 10.1 Å². The van der Waals surface area contributed by atoms with Gasteiger partial charge >= 0.3 is 0 Å². The molecule has 0 bridgehead atoms. The number of hydrogen-bond donors (Lipinski definition) is 1. The Morgan fingerprint density at radius 2 is 1.95 bits per heavy atom. The van der Waals surface area contributed by atoms with Crippen LogP contribution in [0.15, 0.2) is 36.4 Å². The van der Waals surface area contributed by atoms with Crippen LogP contribution in [0.4, 0.5) is 8.78 Å². The summed E-state index contributed by atoms with van der Waals surface area (Å²) < 4.78 is 33.2. The summed E-state index contributed by atoms with van der Waals surface area (Å²) in [6.07, 6.45) is 0. The predicted molar refractivity (Wildman–Crippen MR) is 79.6 cm³/mol. The van der Waals surface area contributed by atoms with Gasteiger partial charge in [0.1, 0.15) is 17.4 Å². The van der Waals surface area contributed by atoms with Crippen molar-refractivity contribution in [3.05, 3.63) is 64.7 Å². The number of aryl methyl sites for hydroxylation is 1. The Morgan fingerprint density at radius 3 is 2.62 bits per heavy atom. The highest BCUT2D eigenvalue weighted by Crippen LogP contribution is 2.33. The molecule has 0 aliphatic carbocycles. The first-order valence-electron chi connectivity index (χ1n) is 6.90. The van der Waals surface area contributed by atoms with E-state index in [9.17, 15) is 8.78 Å². The molecule has 2 nitrogen and oxygen atoms in total. The zero-order valence-electron chi connectivity index (χ0n) is 12.4. The van der Waals surface area contributed by atoms with E-state index in [0.717, 1.165) is 5.56 Å². The van der Waals surface area contributed by atoms with E-state index in [4.69, 9.17) is 4.74 Å². The van der Waals surface area contributed by atoms with Gasteiger partial charge in [-0.15, -0.1) is 0 Å². The minimum Gasteiger partial charge on any atom is -0.496 e. The first-order valence-corrected chi connectivity index (χ1v) is 6.90. The molecular formula is C17H19F2NO. The monoisotopic (exact) mass is 291 g/mol. The summed E-state index contributed by atoms with van der Waals surface area (Å²) in [5.74, 6) is -0.262. The van der Waals surface area contributed by atoms with E-state index in [0.29, 0.717) is 23.4 Å². The highest BCUT2D eigenvalue weighted by Gasteiger charge is 2.23. The molecule has 0 saturated carbocycles. The zero-order valence-corrected chi connectivity index (χ0v) is 12.4. The standard InChI is InChI=1S/C17H19F2NO/c1-4-20-17(13-10-12(18)9-8-11(13)2)16-14(19)6-5-7-15(16)21-3/h5-10,17,20H,4H2,1-3H3. The number of ether oxygens (including phenoxy) is 1. The highest BCUT2D eigenvalue weighted by molar-refractivity contribution is 5.44. The number of halogens is 2. The molecule has 112 valence electrons. The van der Waals surface area contributed by atoms with Crippen molar-refractivity contribution >= 4 is 0 Å². The molecule has 0 aliphatic rings. The lowest BCUT2D eigenvalue weighted by Crippen LogP contribution is -2.24. The van der Waals surface area contributed by atoms with Crippen LogP contribution in [-0.2, 0) is 0 Å². The van der Waals surface area contributed by atoms with Crippen LogP contribution in [0.1, 0.15) is 29.7 Å². The lowest BCUT2D eigenvalue weighted by molar-refractivity contribution is 0.397. The summed E-state index contributed by atoms with van der Waals surface area (Å²) in [6.45, 7) is 4.43. The first-order chi connectivity index (χ1) is 10.1. The Morgan fingerprint density at radius 1 is 1.19 bits per heavy atom. The maximum atomic E-state index is 14.3. The molecule has 0 radical (unpaired) electrons. The van der Waals surface area contributed by atoms with Crippen LogP contribution >= 0.6 is 0 Å². The molecule has 0 fully saturated rings. The third-order valence-electron chi connectivity index (χ3n) is 3.48. The Kier molecular flexibility index (Phi) is 4.91. The van der Waals surface area contributed by atoms with Crippen molar-refractivity contribution < 1.29 is 13.5 Å². The molecule has 0 aliphatic heterocycles. The van der Waals surface area contributed by atoms with Gasteiger partial charge in [0.15, 0.2) is 0 Å². The largest absolute Gasteiger partial charge is 0.496 e. The van der Waals surface area contributed by atoms with Gasteiger partial charge in [-0.05, 0) is 48.9 Å². The van der Waals surface area contributed by atoms with Crippen LogP contribution in [0.2, 0.25) is 0 Å². The molecule has 2 rings (SSSR count). The molecule has 1 unspecified atom stereocenters. The fourth-order valence-corrected chi connectivity index (χ4v) is 2.47. The molecular weight excluding hydrogens is 272 g/mol. The summed E-state index contributed by atoms with van der Waals surface area (Å²) in [5, 5.41) is 3.21. The third-order valence-corrected chi connectivity index (χ3v) is 3.48. The van der Waals surface area contributed by atoms with Gasteiger partial charge in [-0.25, -0.2) is 8.78 Å². The van der Waals surface area contributed by atoms with Gasteiger partial charge in [-0.2, -0.15) is 0 Å². The van der Waals surface area contributed by atoms with Gasteiger partial charge in [0.25, 0.3) is 0 Å². The van der Waals surface area contributed by atoms with Crippen molar-refractivity contribution in [3.8, 4) is 5.75 Å². The summed E-state index contributed by atoms with van der Waals surface area (Å²) >= 11 is 0. The van der Waals surface area contributed by atoms with Gasteiger partial charge in [0, 0.05) is 0 Å². The van der Waals surface area contributed by atoms with Crippen LogP contribution in [0.3, 0.4) is 0 Å². The average Bonchev–Trinajstić information content (AvgIpc) is 2.48. The number of nitrogens with one attached hydrogen (secondary N) is 1. The van der Waals surface area contributed by atoms with Crippen molar-refractivity contribution in [1.82, 2.24) is 5.32 Å². The van der Waals surface area contributed by atoms with E-state index in [-0.39, 0.29) is 11.6 Å². The molecule has 0 spiro atoms. The molecule has 21 heavy (non-hydrogen) atoms. The molecule has 1 N–H and O–H groups in total. The van der Waals surface area contributed by atoms with Crippen LogP contribution in [0.5, 0.6) is 5.75 Å². The SMILES string of the molecule is CCNC(c1cc(F)ccc1C)c1c(F)cccc1OC. The number of benzene rings is 2. The Hall–Kier alpha value is -1.94. The average molecular weight is 291 g/mol. The Balaban J connectivity index is 2.61. The molecule has 0 aromatic heterocycles. The summed E-state index contributed by atoms with van der Waals surface area (Å²) in [4.78, 5) is 0. The normalized spacial score (nSPS) is 12.2. The van der Waals surface area contributed by atoms with Gasteiger partial charge < -0.3 is 10.1 Å².